The van der Waals surface area contributed by atoms with Gasteiger partial charge >= 0.3 is 0 Å². The van der Waals surface area contributed by atoms with E-state index in [1.807, 2.05) is 38.1 Å². The number of hydrogen-bond acceptors (Lipinski definition) is 3. The molecule has 0 bridgehead atoms. The lowest BCUT2D eigenvalue weighted by Crippen LogP contribution is -2.52. The number of carbonyl (C=O) groups excluding carboxylic acids is 2. The molecular formula is C17H23N3O2. The van der Waals surface area contributed by atoms with Gasteiger partial charge in [0, 0.05) is 18.2 Å². The predicted octanol–water partition coefficient (Wildman–Crippen LogP) is 1.07. The second kappa shape index (κ2) is 6.08. The Hall–Kier alpha value is -1.88. The van der Waals surface area contributed by atoms with Crippen molar-refractivity contribution in [2.45, 2.75) is 26.3 Å². The molecule has 118 valence electrons. The van der Waals surface area contributed by atoms with Crippen molar-refractivity contribution in [1.29, 1.82) is 0 Å². The van der Waals surface area contributed by atoms with Crippen LogP contribution in [0.3, 0.4) is 0 Å². The molecule has 0 radical (unpaired) electrons. The van der Waals surface area contributed by atoms with Crippen LogP contribution in [-0.2, 0) is 9.59 Å². The molecule has 2 fully saturated rings. The molecule has 0 saturated carbocycles. The molecule has 2 aliphatic rings. The Morgan fingerprint density at radius 1 is 1.32 bits per heavy atom. The first-order valence-corrected chi connectivity index (χ1v) is 7.95. The molecule has 22 heavy (non-hydrogen) atoms. The fraction of sp³-hybridized carbons (Fsp3) is 0.529. The van der Waals surface area contributed by atoms with E-state index in [4.69, 9.17) is 0 Å². The number of benzene rings is 1. The van der Waals surface area contributed by atoms with Gasteiger partial charge in [0.25, 0.3) is 0 Å². The molecule has 2 saturated heterocycles. The van der Waals surface area contributed by atoms with Gasteiger partial charge in [-0.2, -0.15) is 0 Å². The van der Waals surface area contributed by atoms with E-state index in [0.29, 0.717) is 18.9 Å². The number of nitrogens with zero attached hydrogens (tertiary/aromatic N) is 1. The summed E-state index contributed by atoms with van der Waals surface area (Å²) < 4.78 is 0. The molecular weight excluding hydrogens is 278 g/mol. The third-order valence-electron chi connectivity index (χ3n) is 4.80. The highest BCUT2D eigenvalue weighted by molar-refractivity contribution is 6.01. The fourth-order valence-electron chi connectivity index (χ4n) is 2.98. The van der Waals surface area contributed by atoms with Crippen molar-refractivity contribution in [2.24, 2.45) is 11.8 Å². The Labute approximate surface area is 131 Å². The maximum absolute atomic E-state index is 12.5. The van der Waals surface area contributed by atoms with E-state index in [1.165, 1.54) is 5.56 Å². The van der Waals surface area contributed by atoms with Gasteiger partial charge in [0.15, 0.2) is 0 Å². The lowest BCUT2D eigenvalue weighted by atomic mass is 9.88. The Balaban J connectivity index is 1.61. The van der Waals surface area contributed by atoms with Gasteiger partial charge < -0.3 is 15.5 Å². The maximum Gasteiger partial charge on any atom is 0.249 e. The quantitative estimate of drug-likeness (QED) is 0.874. The summed E-state index contributed by atoms with van der Waals surface area (Å²) in [5.41, 5.74) is 2.08. The maximum atomic E-state index is 12.5. The molecule has 0 aliphatic carbocycles. The number of anilines is 1. The number of aryl methyl sites for hydroxylation is 1. The highest BCUT2D eigenvalue weighted by atomic mass is 16.2. The van der Waals surface area contributed by atoms with Crippen LogP contribution in [0.2, 0.25) is 0 Å². The van der Waals surface area contributed by atoms with Crippen LogP contribution >= 0.6 is 0 Å². The molecule has 2 unspecified atom stereocenters. The molecule has 1 aromatic rings. The number of amides is 2. The standard InChI is InChI=1S/C17H23N3O2/c1-11-3-5-14(6-4-11)20-8-7-15(17(20)22)19-16(21)12(2)13-9-18-10-13/h3-6,12-13,15,18H,7-10H2,1-2H3,(H,19,21). The van der Waals surface area contributed by atoms with Gasteiger partial charge in [0.05, 0.1) is 0 Å². The Bertz CT molecular complexity index is 566. The highest BCUT2D eigenvalue weighted by Gasteiger charge is 2.36. The molecule has 2 amide bonds. The average Bonchev–Trinajstić information content (AvgIpc) is 2.79. The minimum atomic E-state index is -0.385. The topological polar surface area (TPSA) is 61.4 Å². The van der Waals surface area contributed by atoms with E-state index >= 15 is 0 Å². The van der Waals surface area contributed by atoms with Gasteiger partial charge in [-0.25, -0.2) is 0 Å². The fourth-order valence-corrected chi connectivity index (χ4v) is 2.98. The molecule has 2 atom stereocenters. The Morgan fingerprint density at radius 3 is 2.59 bits per heavy atom. The van der Waals surface area contributed by atoms with Crippen molar-refractivity contribution in [2.75, 3.05) is 24.5 Å². The van der Waals surface area contributed by atoms with Crippen LogP contribution in [-0.4, -0.2) is 37.5 Å². The van der Waals surface area contributed by atoms with Gasteiger partial charge in [0.2, 0.25) is 11.8 Å². The summed E-state index contributed by atoms with van der Waals surface area (Å²) in [6, 6.07) is 7.53. The summed E-state index contributed by atoms with van der Waals surface area (Å²) in [5, 5.41) is 6.11. The molecule has 2 aliphatic heterocycles. The zero-order chi connectivity index (χ0) is 15.7. The number of rotatable bonds is 4. The van der Waals surface area contributed by atoms with E-state index in [9.17, 15) is 9.59 Å². The van der Waals surface area contributed by atoms with Gasteiger partial charge in [-0.1, -0.05) is 24.6 Å². The minimum Gasteiger partial charge on any atom is -0.344 e. The normalized spacial score (nSPS) is 23.3. The van der Waals surface area contributed by atoms with Gasteiger partial charge in [0.1, 0.15) is 6.04 Å². The molecule has 5 heteroatoms. The molecule has 0 aromatic heterocycles. The molecule has 2 heterocycles. The van der Waals surface area contributed by atoms with Crippen molar-refractivity contribution in [1.82, 2.24) is 10.6 Å². The first kappa shape index (κ1) is 15.0. The van der Waals surface area contributed by atoms with Crippen LogP contribution in [0.4, 0.5) is 5.69 Å². The van der Waals surface area contributed by atoms with Crippen LogP contribution in [0, 0.1) is 18.8 Å². The Kier molecular flexibility index (Phi) is 4.16. The lowest BCUT2D eigenvalue weighted by Gasteiger charge is -2.32. The van der Waals surface area contributed by atoms with Gasteiger partial charge in [-0.05, 0) is 44.5 Å². The highest BCUT2D eigenvalue weighted by Crippen LogP contribution is 2.23. The molecule has 3 rings (SSSR count). The van der Waals surface area contributed by atoms with Crippen molar-refractivity contribution in [3.8, 4) is 0 Å². The van der Waals surface area contributed by atoms with Crippen LogP contribution in [0.1, 0.15) is 18.9 Å². The average molecular weight is 301 g/mol. The second-order valence-electron chi connectivity index (χ2n) is 6.38. The third-order valence-corrected chi connectivity index (χ3v) is 4.80. The largest absolute Gasteiger partial charge is 0.344 e. The minimum absolute atomic E-state index is 0.00358. The van der Waals surface area contributed by atoms with Crippen LogP contribution in [0.25, 0.3) is 0 Å². The molecule has 1 aromatic carbocycles. The summed E-state index contributed by atoms with van der Waals surface area (Å²) in [6.07, 6.45) is 0.675. The van der Waals surface area contributed by atoms with E-state index in [2.05, 4.69) is 10.6 Å². The predicted molar refractivity (Wildman–Crippen MR) is 85.6 cm³/mol. The van der Waals surface area contributed by atoms with E-state index in [0.717, 1.165) is 18.8 Å². The monoisotopic (exact) mass is 301 g/mol. The van der Waals surface area contributed by atoms with Crippen molar-refractivity contribution >= 4 is 17.5 Å². The summed E-state index contributed by atoms with van der Waals surface area (Å²) in [5.74, 6) is 0.346. The second-order valence-corrected chi connectivity index (χ2v) is 6.38. The molecule has 2 N–H and O–H groups in total. The summed E-state index contributed by atoms with van der Waals surface area (Å²) in [7, 11) is 0. The molecule has 0 spiro atoms. The number of carbonyl (C=O) groups is 2. The van der Waals surface area contributed by atoms with Crippen LogP contribution < -0.4 is 15.5 Å². The lowest BCUT2D eigenvalue weighted by molar-refractivity contribution is -0.130. The van der Waals surface area contributed by atoms with Gasteiger partial charge in [-0.3, -0.25) is 9.59 Å². The van der Waals surface area contributed by atoms with Crippen molar-refractivity contribution in [3.05, 3.63) is 29.8 Å². The number of hydrogen-bond donors (Lipinski definition) is 2. The first-order chi connectivity index (χ1) is 10.6. The van der Waals surface area contributed by atoms with Gasteiger partial charge in [-0.15, -0.1) is 0 Å². The zero-order valence-electron chi connectivity index (χ0n) is 13.1. The van der Waals surface area contributed by atoms with E-state index in [-0.39, 0.29) is 23.8 Å². The van der Waals surface area contributed by atoms with Crippen LogP contribution in [0.15, 0.2) is 24.3 Å². The van der Waals surface area contributed by atoms with E-state index in [1.54, 1.807) is 4.90 Å². The first-order valence-electron chi connectivity index (χ1n) is 7.95. The van der Waals surface area contributed by atoms with E-state index < -0.39 is 0 Å². The molecule has 5 nitrogen and oxygen atoms in total. The smallest absolute Gasteiger partial charge is 0.249 e. The van der Waals surface area contributed by atoms with Crippen molar-refractivity contribution < 1.29 is 9.59 Å². The summed E-state index contributed by atoms with van der Waals surface area (Å²) >= 11 is 0. The third kappa shape index (κ3) is 2.86. The number of nitrogens with one attached hydrogen (secondary N) is 2. The Morgan fingerprint density at radius 2 is 2.00 bits per heavy atom. The van der Waals surface area contributed by atoms with Crippen LogP contribution in [0.5, 0.6) is 0 Å². The zero-order valence-corrected chi connectivity index (χ0v) is 13.1. The summed E-state index contributed by atoms with van der Waals surface area (Å²) in [4.78, 5) is 26.5. The summed E-state index contributed by atoms with van der Waals surface area (Å²) in [6.45, 7) is 6.41. The SMILES string of the molecule is Cc1ccc(N2CCC(NC(=O)C(C)C3CNC3)C2=O)cc1. The van der Waals surface area contributed by atoms with Crippen molar-refractivity contribution in [3.63, 3.8) is 0 Å².